The molecule has 1 fully saturated rings. The fraction of sp³-hybridized carbons (Fsp3) is 0.588. The van der Waals surface area contributed by atoms with Crippen LogP contribution in [0.5, 0.6) is 0 Å². The van der Waals surface area contributed by atoms with Crippen molar-refractivity contribution in [1.29, 1.82) is 0 Å². The van der Waals surface area contributed by atoms with Gasteiger partial charge in [-0.15, -0.1) is 0 Å². The summed E-state index contributed by atoms with van der Waals surface area (Å²) in [5.74, 6) is 0.536. The number of rotatable bonds is 6. The molecule has 0 aromatic carbocycles. The molecule has 1 aromatic heterocycles. The van der Waals surface area contributed by atoms with Gasteiger partial charge in [0.2, 0.25) is 10.0 Å². The highest BCUT2D eigenvalue weighted by atomic mass is 32.2. The zero-order valence-electron chi connectivity index (χ0n) is 16.6. The van der Waals surface area contributed by atoms with Crippen LogP contribution in [0.25, 0.3) is 0 Å². The third-order valence-electron chi connectivity index (χ3n) is 3.75. The van der Waals surface area contributed by atoms with Crippen LogP contribution in [-0.4, -0.2) is 75.2 Å². The smallest absolute Gasteiger partial charge is 0.410 e. The first-order valence-electron chi connectivity index (χ1n) is 8.95. The molecule has 1 aliphatic heterocycles. The van der Waals surface area contributed by atoms with Crippen LogP contribution in [0.15, 0.2) is 34.4 Å². The molecule has 10 nitrogen and oxygen atoms in total. The highest BCUT2D eigenvalue weighted by molar-refractivity contribution is 7.89. The van der Waals surface area contributed by atoms with Crippen molar-refractivity contribution in [3.63, 3.8) is 0 Å². The molecule has 0 atom stereocenters. The van der Waals surface area contributed by atoms with Crippen molar-refractivity contribution in [2.45, 2.75) is 37.3 Å². The molecule has 0 spiro atoms. The Hall–Kier alpha value is -2.40. The summed E-state index contributed by atoms with van der Waals surface area (Å²) in [5, 5.41) is 6.22. The van der Waals surface area contributed by atoms with Gasteiger partial charge in [0.25, 0.3) is 0 Å². The summed E-state index contributed by atoms with van der Waals surface area (Å²) >= 11 is 0. The maximum atomic E-state index is 12.1. The Bertz CT molecular complexity index is 786. The molecule has 156 valence electrons. The second kappa shape index (κ2) is 9.20. The SMILES string of the molecule is CN=C(NCCNS(=O)(=O)c1cccnc1)NC1CN(C(=O)OC(C)(C)C)C1. The lowest BCUT2D eigenvalue weighted by atomic mass is 10.1. The predicted molar refractivity (Wildman–Crippen MR) is 106 cm³/mol. The molecule has 0 unspecified atom stereocenters. The zero-order chi connectivity index (χ0) is 20.8. The maximum absolute atomic E-state index is 12.1. The average molecular weight is 413 g/mol. The number of nitrogens with zero attached hydrogens (tertiary/aromatic N) is 3. The number of hydrogen-bond acceptors (Lipinski definition) is 6. The van der Waals surface area contributed by atoms with Gasteiger partial charge in [-0.3, -0.25) is 9.98 Å². The fourth-order valence-corrected chi connectivity index (χ4v) is 3.38. The third kappa shape index (κ3) is 6.64. The van der Waals surface area contributed by atoms with Gasteiger partial charge in [0.05, 0.1) is 6.04 Å². The predicted octanol–water partition coefficient (Wildman–Crippen LogP) is 0.144. The van der Waals surface area contributed by atoms with Gasteiger partial charge in [-0.05, 0) is 32.9 Å². The topological polar surface area (TPSA) is 125 Å². The molecule has 2 heterocycles. The Morgan fingerprint density at radius 2 is 2.07 bits per heavy atom. The van der Waals surface area contributed by atoms with Crippen molar-refractivity contribution in [2.75, 3.05) is 33.2 Å². The second-order valence-corrected chi connectivity index (χ2v) is 9.08. The maximum Gasteiger partial charge on any atom is 0.410 e. The van der Waals surface area contributed by atoms with Gasteiger partial charge in [-0.2, -0.15) is 0 Å². The van der Waals surface area contributed by atoms with Crippen LogP contribution in [0.1, 0.15) is 20.8 Å². The van der Waals surface area contributed by atoms with Crippen molar-refractivity contribution in [1.82, 2.24) is 25.2 Å². The molecule has 0 radical (unpaired) electrons. The molecule has 1 aromatic rings. The summed E-state index contributed by atoms with van der Waals surface area (Å²) in [7, 11) is -1.96. The summed E-state index contributed by atoms with van der Waals surface area (Å²) < 4.78 is 32.0. The van der Waals surface area contributed by atoms with E-state index in [-0.39, 0.29) is 23.6 Å². The largest absolute Gasteiger partial charge is 0.444 e. The lowest BCUT2D eigenvalue weighted by molar-refractivity contribution is 0.00701. The lowest BCUT2D eigenvalue weighted by Crippen LogP contribution is -2.63. The molecule has 1 saturated heterocycles. The number of ether oxygens (including phenoxy) is 1. The van der Waals surface area contributed by atoms with Gasteiger partial charge in [-0.25, -0.2) is 17.9 Å². The van der Waals surface area contributed by atoms with Crippen LogP contribution in [-0.2, 0) is 14.8 Å². The van der Waals surface area contributed by atoms with Crippen molar-refractivity contribution in [3.05, 3.63) is 24.5 Å². The van der Waals surface area contributed by atoms with Crippen LogP contribution >= 0.6 is 0 Å². The summed E-state index contributed by atoms with van der Waals surface area (Å²) in [5.41, 5.74) is -0.518. The van der Waals surface area contributed by atoms with E-state index in [1.54, 1.807) is 18.0 Å². The second-order valence-electron chi connectivity index (χ2n) is 7.31. The van der Waals surface area contributed by atoms with Crippen LogP contribution in [0, 0.1) is 0 Å². The summed E-state index contributed by atoms with van der Waals surface area (Å²) in [4.78, 5) is 21.6. The van der Waals surface area contributed by atoms with E-state index < -0.39 is 15.6 Å². The van der Waals surface area contributed by atoms with E-state index >= 15 is 0 Å². The van der Waals surface area contributed by atoms with Gasteiger partial charge >= 0.3 is 6.09 Å². The number of aromatic nitrogens is 1. The lowest BCUT2D eigenvalue weighted by Gasteiger charge is -2.40. The number of hydrogen-bond donors (Lipinski definition) is 3. The molecular weight excluding hydrogens is 384 g/mol. The van der Waals surface area contributed by atoms with Gasteiger partial charge in [0.1, 0.15) is 10.5 Å². The Morgan fingerprint density at radius 1 is 1.36 bits per heavy atom. The van der Waals surface area contributed by atoms with E-state index in [0.717, 1.165) is 0 Å². The standard InChI is InChI=1S/C17H28N6O4S/c1-17(2,3)27-16(24)23-11-13(12-23)22-15(18-4)20-8-9-21-28(25,26)14-6-5-7-19-10-14/h5-7,10,13,21H,8-9,11-12H2,1-4H3,(H2,18,20,22). The number of amides is 1. The van der Waals surface area contributed by atoms with Gasteiger partial charge in [0, 0.05) is 45.6 Å². The molecule has 0 bridgehead atoms. The van der Waals surface area contributed by atoms with Crippen LogP contribution < -0.4 is 15.4 Å². The number of carbonyl (C=O) groups excluding carboxylic acids is 1. The van der Waals surface area contributed by atoms with Crippen molar-refractivity contribution < 1.29 is 17.9 Å². The van der Waals surface area contributed by atoms with E-state index in [1.807, 2.05) is 20.8 Å². The van der Waals surface area contributed by atoms with Crippen LogP contribution in [0.3, 0.4) is 0 Å². The number of pyridine rings is 1. The third-order valence-corrected chi connectivity index (χ3v) is 5.20. The quantitative estimate of drug-likeness (QED) is 0.345. The Kier molecular flexibility index (Phi) is 7.19. The van der Waals surface area contributed by atoms with Gasteiger partial charge in [-0.1, -0.05) is 0 Å². The van der Waals surface area contributed by atoms with E-state index in [2.05, 4.69) is 25.3 Å². The van der Waals surface area contributed by atoms with Crippen molar-refractivity contribution in [3.8, 4) is 0 Å². The first-order valence-corrected chi connectivity index (χ1v) is 10.4. The number of aliphatic imine (C=N–C) groups is 1. The minimum atomic E-state index is -3.58. The number of likely N-dealkylation sites (tertiary alicyclic amines) is 1. The molecule has 3 N–H and O–H groups in total. The van der Waals surface area contributed by atoms with Crippen LogP contribution in [0.4, 0.5) is 4.79 Å². The number of carbonyl (C=O) groups is 1. The molecule has 0 saturated carbocycles. The fourth-order valence-electron chi connectivity index (χ4n) is 2.39. The Balaban J connectivity index is 1.68. The molecule has 28 heavy (non-hydrogen) atoms. The highest BCUT2D eigenvalue weighted by Crippen LogP contribution is 2.15. The summed E-state index contributed by atoms with van der Waals surface area (Å²) in [6, 6.07) is 3.11. The molecule has 1 amide bonds. The minimum absolute atomic E-state index is 0.0609. The summed E-state index contributed by atoms with van der Waals surface area (Å²) in [6.45, 7) is 7.05. The van der Waals surface area contributed by atoms with Gasteiger partial charge < -0.3 is 20.3 Å². The van der Waals surface area contributed by atoms with Crippen LogP contribution in [0.2, 0.25) is 0 Å². The molecule has 0 aliphatic carbocycles. The molecular formula is C17H28N6O4S. The summed E-state index contributed by atoms with van der Waals surface area (Å²) in [6.07, 6.45) is 2.47. The van der Waals surface area contributed by atoms with Crippen molar-refractivity contribution >= 4 is 22.1 Å². The van der Waals surface area contributed by atoms with E-state index in [9.17, 15) is 13.2 Å². The highest BCUT2D eigenvalue weighted by Gasteiger charge is 2.34. The number of nitrogens with one attached hydrogen (secondary N) is 3. The molecule has 2 rings (SSSR count). The van der Waals surface area contributed by atoms with Gasteiger partial charge in [0.15, 0.2) is 5.96 Å². The number of sulfonamides is 1. The van der Waals surface area contributed by atoms with E-state index in [4.69, 9.17) is 4.74 Å². The average Bonchev–Trinajstić information content (AvgIpc) is 2.58. The monoisotopic (exact) mass is 412 g/mol. The van der Waals surface area contributed by atoms with E-state index in [1.165, 1.54) is 18.5 Å². The Labute approximate surface area is 165 Å². The number of guanidine groups is 1. The molecule has 1 aliphatic rings. The molecule has 11 heteroatoms. The van der Waals surface area contributed by atoms with E-state index in [0.29, 0.717) is 25.6 Å². The minimum Gasteiger partial charge on any atom is -0.444 e. The van der Waals surface area contributed by atoms with Crippen molar-refractivity contribution in [2.24, 2.45) is 4.99 Å². The normalized spacial score (nSPS) is 15.7. The first kappa shape index (κ1) is 21.9. The zero-order valence-corrected chi connectivity index (χ0v) is 17.4. The first-order chi connectivity index (χ1) is 13.1. The Morgan fingerprint density at radius 3 is 2.64 bits per heavy atom.